The molecule has 0 bridgehead atoms. The topological polar surface area (TPSA) is 29.5 Å². The number of hydrogen-bond donors (Lipinski definition) is 0. The fraction of sp³-hybridized carbons (Fsp3) is 0.400. The molecule has 144 valence electrons. The first-order valence-corrected chi connectivity index (χ1v) is 10.0. The predicted octanol–water partition coefficient (Wildman–Crippen LogP) is 4.25. The molecule has 28 heavy (non-hydrogen) atoms. The molecule has 0 N–H and O–H groups in total. The zero-order chi connectivity index (χ0) is 19.7. The molecule has 0 amide bonds. The van der Waals surface area contributed by atoms with E-state index in [9.17, 15) is 4.79 Å². The van der Waals surface area contributed by atoms with Crippen LogP contribution < -0.4 is 0 Å². The molecule has 1 unspecified atom stereocenters. The summed E-state index contributed by atoms with van der Waals surface area (Å²) in [4.78, 5) is 14.0. The Morgan fingerprint density at radius 1 is 1.14 bits per heavy atom. The molecule has 2 aliphatic rings. The van der Waals surface area contributed by atoms with Gasteiger partial charge in [0.1, 0.15) is 0 Å². The smallest absolute Gasteiger partial charge is 0.309 e. The number of benzene rings is 2. The van der Waals surface area contributed by atoms with Crippen molar-refractivity contribution in [3.8, 4) is 11.8 Å². The fourth-order valence-electron chi connectivity index (χ4n) is 4.17. The van der Waals surface area contributed by atoms with Crippen LogP contribution in [-0.2, 0) is 21.4 Å². The molecule has 0 spiro atoms. The summed E-state index contributed by atoms with van der Waals surface area (Å²) < 4.78 is 4.73. The Labute approximate surface area is 167 Å². The molecule has 1 saturated carbocycles. The third-order valence-corrected chi connectivity index (χ3v) is 5.79. The van der Waals surface area contributed by atoms with E-state index in [1.54, 1.807) is 0 Å². The summed E-state index contributed by atoms with van der Waals surface area (Å²) in [5.41, 5.74) is 4.83. The van der Waals surface area contributed by atoms with Gasteiger partial charge < -0.3 is 4.74 Å². The average molecular weight is 373 g/mol. The number of nitrogens with zero attached hydrogens (tertiary/aromatic N) is 1. The number of rotatable bonds is 3. The van der Waals surface area contributed by atoms with Gasteiger partial charge in [-0.25, -0.2) is 0 Å². The van der Waals surface area contributed by atoms with E-state index < -0.39 is 0 Å². The number of carbonyl (C=O) groups excluding carboxylic acids is 1. The molecule has 3 heteroatoms. The van der Waals surface area contributed by atoms with Gasteiger partial charge in [-0.1, -0.05) is 62.1 Å². The Morgan fingerprint density at radius 2 is 1.86 bits per heavy atom. The van der Waals surface area contributed by atoms with Crippen LogP contribution in [0.15, 0.2) is 48.5 Å². The number of carbonyl (C=O) groups is 1. The fourth-order valence-corrected chi connectivity index (χ4v) is 4.17. The lowest BCUT2D eigenvalue weighted by Crippen LogP contribution is -2.45. The first kappa shape index (κ1) is 18.8. The van der Waals surface area contributed by atoms with Crippen molar-refractivity contribution in [1.29, 1.82) is 0 Å². The minimum atomic E-state index is -0.222. The van der Waals surface area contributed by atoms with Crippen molar-refractivity contribution >= 4 is 5.97 Å². The number of esters is 1. The maximum atomic E-state index is 11.4. The van der Waals surface area contributed by atoms with Crippen molar-refractivity contribution in [2.45, 2.75) is 50.6 Å². The molecular formula is C25H27NO2. The zero-order valence-corrected chi connectivity index (χ0v) is 16.9. The Hall–Kier alpha value is -2.57. The molecule has 0 radical (unpaired) electrons. The largest absolute Gasteiger partial charge is 0.469 e. The first-order chi connectivity index (χ1) is 13.5. The van der Waals surface area contributed by atoms with Gasteiger partial charge in [0.2, 0.25) is 0 Å². The SMILES string of the molecule is COC(=O)Cc1ccc(C#CC2c3ccccc3C(C)(C)CN2C2CC2)cc1. The van der Waals surface area contributed by atoms with Gasteiger partial charge in [0, 0.05) is 23.6 Å². The van der Waals surface area contributed by atoms with Gasteiger partial charge in [-0.3, -0.25) is 9.69 Å². The van der Waals surface area contributed by atoms with Crippen LogP contribution in [0.25, 0.3) is 0 Å². The average Bonchev–Trinajstić information content (AvgIpc) is 3.53. The summed E-state index contributed by atoms with van der Waals surface area (Å²) in [5, 5.41) is 0. The van der Waals surface area contributed by atoms with Crippen LogP contribution in [0.4, 0.5) is 0 Å². The Balaban J connectivity index is 1.62. The van der Waals surface area contributed by atoms with E-state index in [0.717, 1.165) is 17.7 Å². The molecule has 3 nitrogen and oxygen atoms in total. The van der Waals surface area contributed by atoms with Crippen LogP contribution in [0.5, 0.6) is 0 Å². The van der Waals surface area contributed by atoms with Gasteiger partial charge in [0.05, 0.1) is 19.6 Å². The van der Waals surface area contributed by atoms with Gasteiger partial charge in [-0.2, -0.15) is 0 Å². The molecule has 1 aliphatic heterocycles. The van der Waals surface area contributed by atoms with Gasteiger partial charge in [-0.15, -0.1) is 0 Å². The van der Waals surface area contributed by atoms with Crippen molar-refractivity contribution in [3.05, 3.63) is 70.8 Å². The summed E-state index contributed by atoms with van der Waals surface area (Å²) >= 11 is 0. The normalized spacial score (nSPS) is 20.6. The Bertz CT molecular complexity index is 929. The molecule has 1 heterocycles. The number of hydrogen-bond acceptors (Lipinski definition) is 3. The highest BCUT2D eigenvalue weighted by atomic mass is 16.5. The second-order valence-corrected chi connectivity index (χ2v) is 8.50. The minimum absolute atomic E-state index is 0.145. The summed E-state index contributed by atoms with van der Waals surface area (Å²) in [6, 6.07) is 17.5. The van der Waals surface area contributed by atoms with E-state index in [0.29, 0.717) is 12.5 Å². The molecule has 2 aromatic carbocycles. The summed E-state index contributed by atoms with van der Waals surface area (Å²) in [6.45, 7) is 5.72. The lowest BCUT2D eigenvalue weighted by Gasteiger charge is -2.43. The molecule has 2 aromatic rings. The summed E-state index contributed by atoms with van der Waals surface area (Å²) in [5.74, 6) is 6.72. The lowest BCUT2D eigenvalue weighted by molar-refractivity contribution is -0.139. The Kier molecular flexibility index (Phi) is 5.00. The van der Waals surface area contributed by atoms with E-state index in [2.05, 4.69) is 54.9 Å². The molecule has 1 aliphatic carbocycles. The standard InChI is InChI=1S/C25H27NO2/c1-25(2)17-26(20-13-14-20)23(21-6-4-5-7-22(21)25)15-12-18-8-10-19(11-9-18)16-24(27)28-3/h4-11,20,23H,13-14,16-17H2,1-3H3. The van der Waals surface area contributed by atoms with Crippen molar-refractivity contribution < 1.29 is 9.53 Å². The molecule has 0 aromatic heterocycles. The summed E-state index contributed by atoms with van der Waals surface area (Å²) in [7, 11) is 1.41. The monoisotopic (exact) mass is 373 g/mol. The third kappa shape index (κ3) is 3.84. The Morgan fingerprint density at radius 3 is 2.54 bits per heavy atom. The van der Waals surface area contributed by atoms with Gasteiger partial charge in [-0.05, 0) is 41.7 Å². The summed E-state index contributed by atoms with van der Waals surface area (Å²) in [6.07, 6.45) is 2.85. The predicted molar refractivity (Wildman–Crippen MR) is 111 cm³/mol. The molecule has 4 rings (SSSR count). The van der Waals surface area contributed by atoms with Crippen LogP contribution in [0, 0.1) is 11.8 Å². The van der Waals surface area contributed by atoms with Crippen molar-refractivity contribution in [2.24, 2.45) is 0 Å². The molecule has 0 saturated heterocycles. The highest BCUT2D eigenvalue weighted by molar-refractivity contribution is 5.72. The highest BCUT2D eigenvalue weighted by Gasteiger charge is 2.43. The van der Waals surface area contributed by atoms with E-state index in [1.165, 1.54) is 31.1 Å². The van der Waals surface area contributed by atoms with Crippen molar-refractivity contribution in [3.63, 3.8) is 0 Å². The third-order valence-electron chi connectivity index (χ3n) is 5.79. The van der Waals surface area contributed by atoms with Crippen LogP contribution in [0.1, 0.15) is 55.0 Å². The molecule has 1 atom stereocenters. The number of methoxy groups -OCH3 is 1. The highest BCUT2D eigenvalue weighted by Crippen LogP contribution is 2.44. The van der Waals surface area contributed by atoms with E-state index in [1.807, 2.05) is 24.3 Å². The van der Waals surface area contributed by atoms with Crippen LogP contribution in [0.3, 0.4) is 0 Å². The second-order valence-electron chi connectivity index (χ2n) is 8.50. The minimum Gasteiger partial charge on any atom is -0.469 e. The quantitative estimate of drug-likeness (QED) is 0.595. The van der Waals surface area contributed by atoms with Crippen LogP contribution >= 0.6 is 0 Å². The lowest BCUT2D eigenvalue weighted by atomic mass is 9.75. The maximum absolute atomic E-state index is 11.4. The molecule has 1 fully saturated rings. The van der Waals surface area contributed by atoms with E-state index in [-0.39, 0.29) is 17.4 Å². The second kappa shape index (κ2) is 7.45. The van der Waals surface area contributed by atoms with Crippen molar-refractivity contribution in [1.82, 2.24) is 4.90 Å². The van der Waals surface area contributed by atoms with E-state index >= 15 is 0 Å². The van der Waals surface area contributed by atoms with Crippen LogP contribution in [-0.4, -0.2) is 30.6 Å². The number of ether oxygens (including phenoxy) is 1. The van der Waals surface area contributed by atoms with Crippen molar-refractivity contribution in [2.75, 3.05) is 13.7 Å². The van der Waals surface area contributed by atoms with E-state index in [4.69, 9.17) is 4.74 Å². The van der Waals surface area contributed by atoms with Crippen LogP contribution in [0.2, 0.25) is 0 Å². The zero-order valence-electron chi connectivity index (χ0n) is 16.9. The van der Waals surface area contributed by atoms with Gasteiger partial charge >= 0.3 is 5.97 Å². The van der Waals surface area contributed by atoms with Gasteiger partial charge in [0.15, 0.2) is 0 Å². The molecular weight excluding hydrogens is 346 g/mol. The maximum Gasteiger partial charge on any atom is 0.309 e. The van der Waals surface area contributed by atoms with Gasteiger partial charge in [0.25, 0.3) is 0 Å². The first-order valence-electron chi connectivity index (χ1n) is 10.0. The number of fused-ring (bicyclic) bond motifs is 1.